The van der Waals surface area contributed by atoms with Crippen molar-refractivity contribution in [1.82, 2.24) is 9.78 Å². The molecular formula is C19H17Cl2N3O3. The van der Waals surface area contributed by atoms with E-state index in [0.717, 1.165) is 5.56 Å². The molecule has 1 heterocycles. The average molecular weight is 406 g/mol. The molecule has 1 N–H and O–H groups in total. The van der Waals surface area contributed by atoms with Crippen LogP contribution in [-0.2, 0) is 6.54 Å². The topological polar surface area (TPSA) is 65.4 Å². The van der Waals surface area contributed by atoms with Gasteiger partial charge in [-0.15, -0.1) is 0 Å². The van der Waals surface area contributed by atoms with Crippen LogP contribution in [-0.4, -0.2) is 29.9 Å². The number of benzene rings is 2. The first-order valence-electron chi connectivity index (χ1n) is 8.01. The van der Waals surface area contributed by atoms with Gasteiger partial charge in [0.25, 0.3) is 5.91 Å². The number of nitrogens with one attached hydrogen (secondary N) is 1. The first-order chi connectivity index (χ1) is 13.0. The zero-order valence-electron chi connectivity index (χ0n) is 14.7. The molecule has 2 aromatic carbocycles. The Hall–Kier alpha value is -2.70. The second kappa shape index (κ2) is 8.33. The highest BCUT2D eigenvalue weighted by molar-refractivity contribution is 6.35. The Morgan fingerprint density at radius 1 is 1.11 bits per heavy atom. The molecule has 1 aromatic heterocycles. The lowest BCUT2D eigenvalue weighted by molar-refractivity contribution is 0.102. The number of amides is 1. The molecule has 6 nitrogen and oxygen atoms in total. The summed E-state index contributed by atoms with van der Waals surface area (Å²) >= 11 is 12.4. The number of hydrogen-bond acceptors (Lipinski definition) is 4. The summed E-state index contributed by atoms with van der Waals surface area (Å²) in [5.41, 5.74) is 1.14. The maximum Gasteiger partial charge on any atom is 0.260 e. The molecule has 0 fully saturated rings. The molecule has 8 heteroatoms. The molecular weight excluding hydrogens is 389 g/mol. The van der Waals surface area contributed by atoms with E-state index in [2.05, 4.69) is 10.4 Å². The lowest BCUT2D eigenvalue weighted by Crippen LogP contribution is -2.14. The third-order valence-corrected chi connectivity index (χ3v) is 4.63. The molecule has 3 rings (SSSR count). The van der Waals surface area contributed by atoms with Crippen LogP contribution in [0.4, 0.5) is 5.82 Å². The fraction of sp³-hybridized carbons (Fsp3) is 0.158. The van der Waals surface area contributed by atoms with Crippen LogP contribution >= 0.6 is 23.2 Å². The molecule has 0 aliphatic heterocycles. The van der Waals surface area contributed by atoms with Gasteiger partial charge in [-0.2, -0.15) is 5.10 Å². The predicted octanol–water partition coefficient (Wildman–Crippen LogP) is 4.51. The smallest absolute Gasteiger partial charge is 0.260 e. The number of halogens is 2. The van der Waals surface area contributed by atoms with Crippen molar-refractivity contribution >= 4 is 34.9 Å². The van der Waals surface area contributed by atoms with E-state index in [1.807, 2.05) is 0 Å². The van der Waals surface area contributed by atoms with Gasteiger partial charge in [0, 0.05) is 33.9 Å². The number of nitrogens with zero attached hydrogens (tertiary/aromatic N) is 2. The van der Waals surface area contributed by atoms with E-state index in [9.17, 15) is 4.79 Å². The van der Waals surface area contributed by atoms with E-state index >= 15 is 0 Å². The lowest BCUT2D eigenvalue weighted by atomic mass is 10.1. The van der Waals surface area contributed by atoms with Crippen LogP contribution in [0, 0.1) is 0 Å². The third-order valence-electron chi connectivity index (χ3n) is 3.92. The molecule has 0 saturated carbocycles. The van der Waals surface area contributed by atoms with E-state index in [1.54, 1.807) is 60.5 Å². The van der Waals surface area contributed by atoms with Crippen molar-refractivity contribution in [2.45, 2.75) is 6.54 Å². The number of anilines is 1. The van der Waals surface area contributed by atoms with Crippen molar-refractivity contribution in [3.8, 4) is 11.5 Å². The molecule has 27 heavy (non-hydrogen) atoms. The molecule has 0 atom stereocenters. The molecule has 0 radical (unpaired) electrons. The highest BCUT2D eigenvalue weighted by Gasteiger charge is 2.15. The van der Waals surface area contributed by atoms with Crippen molar-refractivity contribution in [1.29, 1.82) is 0 Å². The van der Waals surface area contributed by atoms with E-state index in [4.69, 9.17) is 32.7 Å². The fourth-order valence-corrected chi connectivity index (χ4v) is 3.05. The van der Waals surface area contributed by atoms with E-state index < -0.39 is 0 Å². The maximum absolute atomic E-state index is 12.5. The number of carbonyl (C=O) groups excluding carboxylic acids is 1. The van der Waals surface area contributed by atoms with Crippen LogP contribution in [0.2, 0.25) is 10.0 Å². The number of carbonyl (C=O) groups is 1. The minimum Gasteiger partial charge on any atom is -0.497 e. The van der Waals surface area contributed by atoms with Gasteiger partial charge in [0.15, 0.2) is 5.82 Å². The highest BCUT2D eigenvalue weighted by Crippen LogP contribution is 2.26. The van der Waals surface area contributed by atoms with Crippen LogP contribution in [0.3, 0.4) is 0 Å². The Bertz CT molecular complexity index is 952. The molecule has 0 bridgehead atoms. The summed E-state index contributed by atoms with van der Waals surface area (Å²) in [6, 6.07) is 12.0. The zero-order valence-corrected chi connectivity index (χ0v) is 16.2. The summed E-state index contributed by atoms with van der Waals surface area (Å²) in [6.45, 7) is 0.389. The van der Waals surface area contributed by atoms with Gasteiger partial charge in [0.05, 0.1) is 26.3 Å². The van der Waals surface area contributed by atoms with E-state index in [0.29, 0.717) is 39.5 Å². The monoisotopic (exact) mass is 405 g/mol. The summed E-state index contributed by atoms with van der Waals surface area (Å²) in [6.07, 6.45) is 1.74. The molecule has 1 amide bonds. The Kier molecular flexibility index (Phi) is 5.88. The largest absolute Gasteiger partial charge is 0.497 e. The zero-order chi connectivity index (χ0) is 19.4. The molecule has 3 aromatic rings. The Morgan fingerprint density at radius 3 is 2.52 bits per heavy atom. The minimum atomic E-state index is -0.337. The van der Waals surface area contributed by atoms with E-state index in [1.165, 1.54) is 7.11 Å². The van der Waals surface area contributed by atoms with Crippen LogP contribution in [0.1, 0.15) is 15.9 Å². The summed E-state index contributed by atoms with van der Waals surface area (Å²) in [5.74, 6) is 1.08. The van der Waals surface area contributed by atoms with Crippen LogP contribution in [0.15, 0.2) is 48.7 Å². The normalized spacial score (nSPS) is 10.5. The Morgan fingerprint density at radius 2 is 1.85 bits per heavy atom. The quantitative estimate of drug-likeness (QED) is 0.655. The van der Waals surface area contributed by atoms with Crippen molar-refractivity contribution in [3.05, 3.63) is 69.8 Å². The van der Waals surface area contributed by atoms with Gasteiger partial charge in [0.2, 0.25) is 0 Å². The van der Waals surface area contributed by atoms with Gasteiger partial charge in [-0.1, -0.05) is 29.3 Å². The molecule has 0 aliphatic carbocycles. The Balaban J connectivity index is 1.75. The van der Waals surface area contributed by atoms with Crippen LogP contribution in [0.25, 0.3) is 0 Å². The number of hydrogen-bond donors (Lipinski definition) is 1. The summed E-state index contributed by atoms with van der Waals surface area (Å²) in [4.78, 5) is 12.5. The predicted molar refractivity (Wildman–Crippen MR) is 105 cm³/mol. The number of aromatic nitrogens is 2. The van der Waals surface area contributed by atoms with Crippen LogP contribution in [0.5, 0.6) is 11.5 Å². The first-order valence-corrected chi connectivity index (χ1v) is 8.77. The number of methoxy groups -OCH3 is 2. The summed E-state index contributed by atoms with van der Waals surface area (Å²) < 4.78 is 12.0. The fourth-order valence-electron chi connectivity index (χ4n) is 2.53. The van der Waals surface area contributed by atoms with E-state index in [-0.39, 0.29) is 5.91 Å². The maximum atomic E-state index is 12.5. The minimum absolute atomic E-state index is 0.337. The number of rotatable bonds is 6. The summed E-state index contributed by atoms with van der Waals surface area (Å²) in [7, 11) is 3.04. The summed E-state index contributed by atoms with van der Waals surface area (Å²) in [5, 5.41) is 8.22. The molecule has 0 unspecified atom stereocenters. The second-order valence-corrected chi connectivity index (χ2v) is 6.43. The van der Waals surface area contributed by atoms with Gasteiger partial charge in [-0.25, -0.2) is 0 Å². The van der Waals surface area contributed by atoms with Gasteiger partial charge in [0.1, 0.15) is 11.5 Å². The molecule has 0 aliphatic rings. The standard InChI is InChI=1S/C19H17Cl2N3O3/c1-26-12-6-7-13(17(10-12)27-2)19(25)22-18-8-9-24(23-18)11-14-15(20)4-3-5-16(14)21/h3-10H,11H2,1-2H3,(H,22,23,25). The average Bonchev–Trinajstić information content (AvgIpc) is 3.11. The first kappa shape index (κ1) is 19.1. The van der Waals surface area contributed by atoms with Crippen LogP contribution < -0.4 is 14.8 Å². The SMILES string of the molecule is COc1ccc(C(=O)Nc2ccn(Cc3c(Cl)cccc3Cl)n2)c(OC)c1. The van der Waals surface area contributed by atoms with Crippen molar-refractivity contribution in [2.75, 3.05) is 19.5 Å². The van der Waals surface area contributed by atoms with Crippen molar-refractivity contribution in [2.24, 2.45) is 0 Å². The highest BCUT2D eigenvalue weighted by atomic mass is 35.5. The Labute approximate surface area is 166 Å². The van der Waals surface area contributed by atoms with Crippen molar-refractivity contribution < 1.29 is 14.3 Å². The third kappa shape index (κ3) is 4.35. The van der Waals surface area contributed by atoms with Gasteiger partial charge in [-0.3, -0.25) is 9.48 Å². The van der Waals surface area contributed by atoms with Gasteiger partial charge >= 0.3 is 0 Å². The van der Waals surface area contributed by atoms with Crippen molar-refractivity contribution in [3.63, 3.8) is 0 Å². The molecule has 140 valence electrons. The lowest BCUT2D eigenvalue weighted by Gasteiger charge is -2.10. The molecule has 0 spiro atoms. The molecule has 0 saturated heterocycles. The number of ether oxygens (including phenoxy) is 2. The van der Waals surface area contributed by atoms with Gasteiger partial charge < -0.3 is 14.8 Å². The second-order valence-electron chi connectivity index (χ2n) is 5.62. The van der Waals surface area contributed by atoms with Gasteiger partial charge in [-0.05, 0) is 24.3 Å².